The fraction of sp³-hybridized carbons (Fsp3) is 0.636. The van der Waals surface area contributed by atoms with Gasteiger partial charge in [0.1, 0.15) is 6.61 Å². The number of ether oxygens (including phenoxy) is 1. The maximum atomic E-state index is 12.1. The molecule has 1 aromatic carbocycles. The molecule has 0 radical (unpaired) electrons. The molecule has 0 aromatic heterocycles. The molecule has 5 nitrogen and oxygen atoms in total. The Morgan fingerprint density at radius 2 is 1.74 bits per heavy atom. The first-order valence-corrected chi connectivity index (χ1v) is 10.4. The number of likely N-dealkylation sites (N-methyl/N-ethyl adjacent to an activating group) is 1. The highest BCUT2D eigenvalue weighted by Gasteiger charge is 2.15. The van der Waals surface area contributed by atoms with Crippen molar-refractivity contribution in [3.63, 3.8) is 0 Å². The number of rotatable bonds is 10. The second kappa shape index (κ2) is 11.8. The van der Waals surface area contributed by atoms with Crippen LogP contribution in [0.4, 0.5) is 5.69 Å². The summed E-state index contributed by atoms with van der Waals surface area (Å²) in [4.78, 5) is 26.4. The van der Waals surface area contributed by atoms with E-state index < -0.39 is 0 Å². The van der Waals surface area contributed by atoms with Gasteiger partial charge in [0, 0.05) is 18.7 Å². The van der Waals surface area contributed by atoms with Crippen molar-refractivity contribution >= 4 is 17.6 Å². The van der Waals surface area contributed by atoms with Gasteiger partial charge >= 0.3 is 5.97 Å². The van der Waals surface area contributed by atoms with Gasteiger partial charge in [-0.3, -0.25) is 4.79 Å². The molecule has 1 aromatic rings. The predicted molar refractivity (Wildman–Crippen MR) is 109 cm³/mol. The number of amides is 1. The summed E-state index contributed by atoms with van der Waals surface area (Å²) in [6.07, 6.45) is 8.02. The third-order valence-corrected chi connectivity index (χ3v) is 5.44. The van der Waals surface area contributed by atoms with E-state index in [1.54, 1.807) is 24.3 Å². The summed E-state index contributed by atoms with van der Waals surface area (Å²) in [6.45, 7) is 7.21. The van der Waals surface area contributed by atoms with Gasteiger partial charge in [0.2, 0.25) is 5.91 Å². The molecule has 27 heavy (non-hydrogen) atoms. The monoisotopic (exact) mass is 374 g/mol. The lowest BCUT2D eigenvalue weighted by Crippen LogP contribution is -2.27. The first-order chi connectivity index (χ1) is 13.1. The number of nitrogens with one attached hydrogen (secondary N) is 1. The molecule has 0 unspecified atom stereocenters. The van der Waals surface area contributed by atoms with E-state index in [2.05, 4.69) is 24.1 Å². The summed E-state index contributed by atoms with van der Waals surface area (Å²) in [5.74, 6) is 0.436. The van der Waals surface area contributed by atoms with Gasteiger partial charge in [-0.1, -0.05) is 46.0 Å². The van der Waals surface area contributed by atoms with Gasteiger partial charge < -0.3 is 15.0 Å². The van der Waals surface area contributed by atoms with Crippen LogP contribution in [0.5, 0.6) is 0 Å². The Morgan fingerprint density at radius 1 is 1.07 bits per heavy atom. The first-order valence-electron chi connectivity index (χ1n) is 10.4. The van der Waals surface area contributed by atoms with E-state index in [1.807, 2.05) is 0 Å². The van der Waals surface area contributed by atoms with Crippen molar-refractivity contribution in [2.75, 3.05) is 31.6 Å². The van der Waals surface area contributed by atoms with Crippen LogP contribution < -0.4 is 5.32 Å². The number of carbonyl (C=O) groups excluding carboxylic acids is 2. The van der Waals surface area contributed by atoms with Crippen molar-refractivity contribution in [2.24, 2.45) is 5.92 Å². The molecular weight excluding hydrogens is 340 g/mol. The molecule has 1 fully saturated rings. The minimum atomic E-state index is -0.322. The van der Waals surface area contributed by atoms with Gasteiger partial charge in [-0.25, -0.2) is 4.79 Å². The third kappa shape index (κ3) is 7.71. The molecule has 0 aliphatic heterocycles. The highest BCUT2D eigenvalue weighted by atomic mass is 16.5. The largest absolute Gasteiger partial charge is 0.461 e. The van der Waals surface area contributed by atoms with E-state index in [4.69, 9.17) is 4.74 Å². The zero-order chi connectivity index (χ0) is 19.5. The Balaban J connectivity index is 1.71. The van der Waals surface area contributed by atoms with Gasteiger partial charge in [-0.15, -0.1) is 0 Å². The van der Waals surface area contributed by atoms with E-state index >= 15 is 0 Å². The molecule has 1 amide bonds. The molecular formula is C22H34N2O3. The number of hydrogen-bond acceptors (Lipinski definition) is 4. The Morgan fingerprint density at radius 3 is 2.37 bits per heavy atom. The summed E-state index contributed by atoms with van der Waals surface area (Å²) in [5.41, 5.74) is 1.23. The van der Waals surface area contributed by atoms with Gasteiger partial charge in [-0.05, 0) is 49.7 Å². The normalized spacial score (nSPS) is 14.9. The number of benzene rings is 1. The molecule has 0 spiro atoms. The number of carbonyl (C=O) groups is 2. The number of hydrogen-bond donors (Lipinski definition) is 1. The fourth-order valence-electron chi connectivity index (χ4n) is 3.61. The minimum Gasteiger partial charge on any atom is -0.461 e. The van der Waals surface area contributed by atoms with Crippen LogP contribution in [0.25, 0.3) is 0 Å². The van der Waals surface area contributed by atoms with E-state index in [-0.39, 0.29) is 11.9 Å². The van der Waals surface area contributed by atoms with Crippen LogP contribution in [0.1, 0.15) is 69.2 Å². The van der Waals surface area contributed by atoms with Crippen LogP contribution in [0, 0.1) is 5.92 Å². The van der Waals surface area contributed by atoms with Gasteiger partial charge in [0.15, 0.2) is 0 Å². The summed E-state index contributed by atoms with van der Waals surface area (Å²) in [6, 6.07) is 6.94. The van der Waals surface area contributed by atoms with Crippen molar-refractivity contribution in [1.29, 1.82) is 0 Å². The molecule has 0 atom stereocenters. The van der Waals surface area contributed by atoms with Gasteiger partial charge in [0.05, 0.1) is 5.56 Å². The van der Waals surface area contributed by atoms with Gasteiger partial charge in [0.25, 0.3) is 0 Å². The summed E-state index contributed by atoms with van der Waals surface area (Å²) in [7, 11) is 0. The van der Waals surface area contributed by atoms with Crippen LogP contribution in [0.2, 0.25) is 0 Å². The maximum absolute atomic E-state index is 12.1. The molecule has 0 saturated heterocycles. The highest BCUT2D eigenvalue weighted by Crippen LogP contribution is 2.27. The molecule has 0 bridgehead atoms. The topological polar surface area (TPSA) is 58.6 Å². The first kappa shape index (κ1) is 21.4. The minimum absolute atomic E-state index is 0.0510. The average molecular weight is 375 g/mol. The Bertz CT molecular complexity index is 576. The lowest BCUT2D eigenvalue weighted by atomic mass is 9.86. The quantitative estimate of drug-likeness (QED) is 0.613. The van der Waals surface area contributed by atoms with Crippen molar-refractivity contribution in [2.45, 2.75) is 58.8 Å². The summed E-state index contributed by atoms with van der Waals surface area (Å²) >= 11 is 0. The van der Waals surface area contributed by atoms with Crippen LogP contribution in [-0.2, 0) is 9.53 Å². The molecule has 1 aliphatic rings. The van der Waals surface area contributed by atoms with Crippen molar-refractivity contribution in [1.82, 2.24) is 4.90 Å². The second-order valence-electron chi connectivity index (χ2n) is 7.33. The Hall–Kier alpha value is -1.88. The smallest absolute Gasteiger partial charge is 0.338 e. The SMILES string of the molecule is CCN(CC)CCOC(=O)c1ccc(NC(=O)CCC2CCCCC2)cc1. The van der Waals surface area contributed by atoms with Crippen molar-refractivity contribution in [3.05, 3.63) is 29.8 Å². The standard InChI is InChI=1S/C22H34N2O3/c1-3-24(4-2)16-17-27-22(26)19-11-13-20(14-12-19)23-21(25)15-10-18-8-6-5-7-9-18/h11-14,18H,3-10,15-17H2,1-2H3,(H,23,25). The van der Waals surface area contributed by atoms with Crippen LogP contribution in [0.15, 0.2) is 24.3 Å². The van der Waals surface area contributed by atoms with E-state index in [1.165, 1.54) is 32.1 Å². The van der Waals surface area contributed by atoms with E-state index in [0.717, 1.165) is 31.7 Å². The third-order valence-electron chi connectivity index (χ3n) is 5.44. The molecule has 5 heteroatoms. The molecule has 2 rings (SSSR count). The van der Waals surface area contributed by atoms with Crippen LogP contribution >= 0.6 is 0 Å². The highest BCUT2D eigenvalue weighted by molar-refractivity contribution is 5.93. The van der Waals surface area contributed by atoms with Gasteiger partial charge in [-0.2, -0.15) is 0 Å². The average Bonchev–Trinajstić information content (AvgIpc) is 2.71. The molecule has 150 valence electrons. The van der Waals surface area contributed by atoms with Crippen molar-refractivity contribution < 1.29 is 14.3 Å². The number of nitrogens with zero attached hydrogens (tertiary/aromatic N) is 1. The summed E-state index contributed by atoms with van der Waals surface area (Å²) in [5, 5.41) is 2.92. The number of anilines is 1. The maximum Gasteiger partial charge on any atom is 0.338 e. The van der Waals surface area contributed by atoms with E-state index in [9.17, 15) is 9.59 Å². The fourth-order valence-corrected chi connectivity index (χ4v) is 3.61. The second-order valence-corrected chi connectivity index (χ2v) is 7.33. The zero-order valence-corrected chi connectivity index (χ0v) is 16.8. The van der Waals surface area contributed by atoms with Crippen LogP contribution in [0.3, 0.4) is 0 Å². The zero-order valence-electron chi connectivity index (χ0n) is 16.8. The lowest BCUT2D eigenvalue weighted by molar-refractivity contribution is -0.116. The Labute approximate surface area is 163 Å². The molecule has 0 heterocycles. The molecule has 1 saturated carbocycles. The lowest BCUT2D eigenvalue weighted by Gasteiger charge is -2.21. The predicted octanol–water partition coefficient (Wildman–Crippen LogP) is 4.48. The van der Waals surface area contributed by atoms with Crippen molar-refractivity contribution in [3.8, 4) is 0 Å². The number of esters is 1. The molecule has 1 aliphatic carbocycles. The molecule has 1 N–H and O–H groups in total. The summed E-state index contributed by atoms with van der Waals surface area (Å²) < 4.78 is 5.32. The van der Waals surface area contributed by atoms with E-state index in [0.29, 0.717) is 24.5 Å². The Kier molecular flexibility index (Phi) is 9.32. The van der Waals surface area contributed by atoms with Crippen LogP contribution in [-0.4, -0.2) is 43.0 Å².